The Balaban J connectivity index is 1.96. The van der Waals surface area contributed by atoms with E-state index in [0.717, 1.165) is 17.4 Å². The number of hydrogen-bond acceptors (Lipinski definition) is 7. The number of hydrogen-bond donors (Lipinski definition) is 1. The van der Waals surface area contributed by atoms with Crippen LogP contribution in [0.5, 0.6) is 0 Å². The van der Waals surface area contributed by atoms with Gasteiger partial charge in [-0.15, -0.1) is 0 Å². The third-order valence-corrected chi connectivity index (χ3v) is 5.97. The number of halogens is 4. The average Bonchev–Trinajstić information content (AvgIpc) is 3.13. The average molecular weight is 529 g/mol. The molecule has 3 rings (SSSR count). The van der Waals surface area contributed by atoms with Crippen molar-refractivity contribution < 1.29 is 32.4 Å². The Morgan fingerprint density at radius 2 is 2.08 bits per heavy atom. The number of nitro benzene ring substituents is 1. The van der Waals surface area contributed by atoms with Crippen LogP contribution in [0.4, 0.5) is 30.4 Å². The van der Waals surface area contributed by atoms with E-state index < -0.39 is 40.5 Å². The molecule has 2 aromatic rings. The summed E-state index contributed by atoms with van der Waals surface area (Å²) in [6.07, 6.45) is -3.62. The van der Waals surface area contributed by atoms with Crippen molar-refractivity contribution in [2.24, 2.45) is 5.92 Å². The Kier molecular flexibility index (Phi) is 8.39. The van der Waals surface area contributed by atoms with Crippen LogP contribution < -0.4 is 10.2 Å². The zero-order valence-corrected chi connectivity index (χ0v) is 20.2. The van der Waals surface area contributed by atoms with Gasteiger partial charge in [0.1, 0.15) is 17.5 Å². The third kappa shape index (κ3) is 6.04. The van der Waals surface area contributed by atoms with Gasteiger partial charge in [-0.1, -0.05) is 31.0 Å². The number of pyridine rings is 1. The number of aromatic nitrogens is 1. The summed E-state index contributed by atoms with van der Waals surface area (Å²) in [6.45, 7) is 3.19. The minimum atomic E-state index is -4.69. The Hall–Kier alpha value is -3.41. The predicted octanol–water partition coefficient (Wildman–Crippen LogP) is 5.15. The van der Waals surface area contributed by atoms with E-state index in [2.05, 4.69) is 10.3 Å². The van der Waals surface area contributed by atoms with Crippen molar-refractivity contribution in [3.8, 4) is 0 Å². The number of nitrogens with one attached hydrogen (secondary N) is 1. The zero-order chi connectivity index (χ0) is 26.6. The highest BCUT2D eigenvalue weighted by molar-refractivity contribution is 6.33. The maximum atomic E-state index is 13.4. The van der Waals surface area contributed by atoms with Crippen LogP contribution in [0.1, 0.15) is 37.4 Å². The number of para-hydroxylation sites is 1. The number of anilines is 2. The lowest BCUT2D eigenvalue weighted by Gasteiger charge is -2.27. The highest BCUT2D eigenvalue weighted by atomic mass is 35.5. The van der Waals surface area contributed by atoms with Crippen molar-refractivity contribution in [3.63, 3.8) is 0 Å². The van der Waals surface area contributed by atoms with Crippen molar-refractivity contribution in [2.45, 2.75) is 45.3 Å². The number of unbranched alkanes of at least 4 members (excludes halogenated alkanes) is 1. The quantitative estimate of drug-likeness (QED) is 0.207. The molecule has 0 saturated carbocycles. The van der Waals surface area contributed by atoms with Crippen LogP contribution in [-0.4, -0.2) is 41.0 Å². The fraction of sp³-hybridized carbons (Fsp3) is 0.435. The van der Waals surface area contributed by atoms with E-state index >= 15 is 0 Å². The Morgan fingerprint density at radius 1 is 1.36 bits per heavy atom. The van der Waals surface area contributed by atoms with Crippen molar-refractivity contribution in [2.75, 3.05) is 23.4 Å². The van der Waals surface area contributed by atoms with E-state index in [0.29, 0.717) is 12.5 Å². The van der Waals surface area contributed by atoms with Crippen molar-refractivity contribution in [3.05, 3.63) is 56.7 Å². The summed E-state index contributed by atoms with van der Waals surface area (Å²) in [5.74, 6) is -2.54. The van der Waals surface area contributed by atoms with E-state index in [4.69, 9.17) is 16.3 Å². The highest BCUT2D eigenvalue weighted by Crippen LogP contribution is 2.37. The highest BCUT2D eigenvalue weighted by Gasteiger charge is 2.47. The molecule has 0 spiro atoms. The number of esters is 1. The molecule has 194 valence electrons. The number of carbonyl (C=O) groups excluding carboxylic acids is 2. The molecule has 2 heterocycles. The summed E-state index contributed by atoms with van der Waals surface area (Å²) >= 11 is 6.12. The number of nitro groups is 1. The maximum Gasteiger partial charge on any atom is 0.416 e. The van der Waals surface area contributed by atoms with Gasteiger partial charge in [0.05, 0.1) is 22.1 Å². The van der Waals surface area contributed by atoms with Crippen molar-refractivity contribution in [1.82, 2.24) is 4.98 Å². The molecule has 36 heavy (non-hydrogen) atoms. The van der Waals surface area contributed by atoms with Crippen LogP contribution in [0.2, 0.25) is 5.02 Å². The molecule has 1 aromatic heterocycles. The molecule has 0 bridgehead atoms. The number of carbonyl (C=O) groups is 2. The lowest BCUT2D eigenvalue weighted by molar-refractivity contribution is -0.383. The maximum absolute atomic E-state index is 13.4. The summed E-state index contributed by atoms with van der Waals surface area (Å²) in [5.41, 5.74) is -1.30. The van der Waals surface area contributed by atoms with Gasteiger partial charge in [0.15, 0.2) is 0 Å². The summed E-state index contributed by atoms with van der Waals surface area (Å²) in [6, 6.07) is 4.35. The first-order chi connectivity index (χ1) is 16.9. The van der Waals surface area contributed by atoms with Crippen LogP contribution in [0.25, 0.3) is 0 Å². The van der Waals surface area contributed by atoms with Gasteiger partial charge in [-0.25, -0.2) is 9.78 Å². The first kappa shape index (κ1) is 27.2. The van der Waals surface area contributed by atoms with E-state index in [1.807, 2.05) is 6.92 Å². The van der Waals surface area contributed by atoms with Crippen molar-refractivity contribution in [1.29, 1.82) is 0 Å². The lowest BCUT2D eigenvalue weighted by atomic mass is 9.99. The smallest absolute Gasteiger partial charge is 0.416 e. The number of alkyl halides is 3. The summed E-state index contributed by atoms with van der Waals surface area (Å²) in [5, 5.41) is 14.3. The van der Waals surface area contributed by atoms with Gasteiger partial charge in [-0.2, -0.15) is 13.2 Å². The number of benzene rings is 1. The molecule has 13 heteroatoms. The molecule has 0 radical (unpaired) electrons. The van der Waals surface area contributed by atoms with Gasteiger partial charge in [0, 0.05) is 30.6 Å². The molecule has 1 N–H and O–H groups in total. The summed E-state index contributed by atoms with van der Waals surface area (Å²) in [7, 11) is 0. The SMILES string of the molecule is CCCCOC(=O)[C@@H]1[C@@H](CNc2c(Cl)cccc2[N+](=O)[O-])CC(=O)N1c1cc(C(F)(F)F)cc(C)n1. The van der Waals surface area contributed by atoms with Crippen LogP contribution in [0.15, 0.2) is 30.3 Å². The second-order valence-electron chi connectivity index (χ2n) is 8.32. The first-order valence-electron chi connectivity index (χ1n) is 11.1. The molecule has 0 aliphatic carbocycles. The Labute approximate surface area is 209 Å². The number of amides is 1. The zero-order valence-electron chi connectivity index (χ0n) is 19.5. The molecular weight excluding hydrogens is 505 g/mol. The number of rotatable bonds is 9. The minimum absolute atomic E-state index is 0.00112. The van der Waals surface area contributed by atoms with Crippen LogP contribution >= 0.6 is 11.6 Å². The van der Waals surface area contributed by atoms with Crippen LogP contribution in [0, 0.1) is 23.0 Å². The Bertz CT molecular complexity index is 1160. The van der Waals surface area contributed by atoms with Crippen LogP contribution in [0.3, 0.4) is 0 Å². The van der Waals surface area contributed by atoms with Gasteiger partial charge in [-0.05, 0) is 31.5 Å². The number of aryl methyl sites for hydroxylation is 1. The van der Waals surface area contributed by atoms with Gasteiger partial charge >= 0.3 is 12.1 Å². The molecule has 9 nitrogen and oxygen atoms in total. The largest absolute Gasteiger partial charge is 0.464 e. The van der Waals surface area contributed by atoms with E-state index in [1.165, 1.54) is 25.1 Å². The van der Waals surface area contributed by atoms with Crippen LogP contribution in [-0.2, 0) is 20.5 Å². The van der Waals surface area contributed by atoms with E-state index in [-0.39, 0.29) is 47.5 Å². The fourth-order valence-corrected chi connectivity index (χ4v) is 4.20. The predicted molar refractivity (Wildman–Crippen MR) is 126 cm³/mol. The Morgan fingerprint density at radius 3 is 2.72 bits per heavy atom. The molecular formula is C23H24ClF3N4O5. The topological polar surface area (TPSA) is 115 Å². The molecule has 0 unspecified atom stereocenters. The normalized spacial score (nSPS) is 17.8. The molecule has 1 aliphatic heterocycles. The minimum Gasteiger partial charge on any atom is -0.464 e. The monoisotopic (exact) mass is 528 g/mol. The van der Waals surface area contributed by atoms with E-state index in [1.54, 1.807) is 0 Å². The number of ether oxygens (including phenoxy) is 1. The first-order valence-corrected chi connectivity index (χ1v) is 11.5. The summed E-state index contributed by atoms with van der Waals surface area (Å²) in [4.78, 5) is 41.8. The number of nitrogens with zero attached hydrogens (tertiary/aromatic N) is 3. The molecule has 1 aliphatic rings. The second-order valence-corrected chi connectivity index (χ2v) is 8.73. The van der Waals surface area contributed by atoms with Crippen molar-refractivity contribution >= 4 is 40.7 Å². The molecule has 1 aromatic carbocycles. The molecule has 2 atom stereocenters. The molecule has 1 amide bonds. The molecule has 1 saturated heterocycles. The third-order valence-electron chi connectivity index (χ3n) is 5.66. The van der Waals surface area contributed by atoms with Gasteiger partial charge in [-0.3, -0.25) is 19.8 Å². The van der Waals surface area contributed by atoms with Gasteiger partial charge in [0.25, 0.3) is 5.69 Å². The molecule has 1 fully saturated rings. The van der Waals surface area contributed by atoms with Gasteiger partial charge < -0.3 is 10.1 Å². The standard InChI is InChI=1S/C23H24ClF3N4O5/c1-3-4-8-36-22(33)21-14(12-28-20-16(24)6-5-7-17(20)31(34)35)10-19(32)30(21)18-11-15(23(25,26)27)9-13(2)29-18/h5-7,9,11,14,21,28H,3-4,8,10,12H2,1-2H3/t14-,21+/m1/s1. The lowest BCUT2D eigenvalue weighted by Crippen LogP contribution is -2.44. The fourth-order valence-electron chi connectivity index (χ4n) is 3.97. The summed E-state index contributed by atoms with van der Waals surface area (Å²) < 4.78 is 45.6. The van der Waals surface area contributed by atoms with Gasteiger partial charge in [0.2, 0.25) is 5.91 Å². The van der Waals surface area contributed by atoms with E-state index in [9.17, 15) is 32.9 Å². The second kappa shape index (κ2) is 11.1.